The predicted octanol–water partition coefficient (Wildman–Crippen LogP) is 2.59. The van der Waals surface area contributed by atoms with Crippen molar-refractivity contribution in [3.63, 3.8) is 0 Å². The van der Waals surface area contributed by atoms with Crippen molar-refractivity contribution >= 4 is 32.4 Å². The molecule has 0 bridgehead atoms. The van der Waals surface area contributed by atoms with Gasteiger partial charge in [-0.25, -0.2) is 0 Å². The van der Waals surface area contributed by atoms with Crippen LogP contribution in [0.5, 0.6) is 0 Å². The van der Waals surface area contributed by atoms with E-state index in [1.54, 1.807) is 18.2 Å². The SMILES string of the molecule is O=c1[nH][nH]c(=O)c2c(NCc3ccccc3Br)cccc12. The van der Waals surface area contributed by atoms with Crippen LogP contribution in [0.25, 0.3) is 10.8 Å². The Morgan fingerprint density at radius 2 is 1.71 bits per heavy atom. The highest BCUT2D eigenvalue weighted by Crippen LogP contribution is 2.20. The van der Waals surface area contributed by atoms with Crippen molar-refractivity contribution in [3.8, 4) is 0 Å². The largest absolute Gasteiger partial charge is 0.380 e. The third kappa shape index (κ3) is 2.62. The Bertz CT molecular complexity index is 914. The predicted molar refractivity (Wildman–Crippen MR) is 86.7 cm³/mol. The van der Waals surface area contributed by atoms with Gasteiger partial charge in [0.15, 0.2) is 0 Å². The van der Waals surface area contributed by atoms with Crippen molar-refractivity contribution in [2.75, 3.05) is 5.32 Å². The van der Waals surface area contributed by atoms with Gasteiger partial charge < -0.3 is 5.32 Å². The Hall–Kier alpha value is -2.34. The third-order valence-corrected chi connectivity index (χ3v) is 4.03. The van der Waals surface area contributed by atoms with Crippen molar-refractivity contribution in [2.24, 2.45) is 0 Å². The fraction of sp³-hybridized carbons (Fsp3) is 0.0667. The van der Waals surface area contributed by atoms with Gasteiger partial charge in [-0.15, -0.1) is 0 Å². The number of halogens is 1. The molecule has 5 nitrogen and oxygen atoms in total. The molecule has 0 aliphatic rings. The summed E-state index contributed by atoms with van der Waals surface area (Å²) < 4.78 is 0.990. The van der Waals surface area contributed by atoms with Crippen LogP contribution in [0.1, 0.15) is 5.56 Å². The van der Waals surface area contributed by atoms with E-state index in [1.165, 1.54) is 0 Å². The topological polar surface area (TPSA) is 77.8 Å². The van der Waals surface area contributed by atoms with Gasteiger partial charge >= 0.3 is 0 Å². The molecule has 6 heteroatoms. The summed E-state index contributed by atoms with van der Waals surface area (Å²) in [7, 11) is 0. The van der Waals surface area contributed by atoms with Crippen molar-refractivity contribution in [3.05, 3.63) is 73.2 Å². The van der Waals surface area contributed by atoms with Crippen LogP contribution in [0.3, 0.4) is 0 Å². The molecule has 2 aromatic carbocycles. The first kappa shape index (κ1) is 13.6. The Morgan fingerprint density at radius 1 is 0.952 bits per heavy atom. The number of aromatic nitrogens is 2. The highest BCUT2D eigenvalue weighted by molar-refractivity contribution is 9.10. The normalized spacial score (nSPS) is 10.7. The van der Waals surface area contributed by atoms with Crippen molar-refractivity contribution in [1.29, 1.82) is 0 Å². The highest BCUT2D eigenvalue weighted by atomic mass is 79.9. The van der Waals surface area contributed by atoms with Gasteiger partial charge in [-0.1, -0.05) is 40.2 Å². The Kier molecular flexibility index (Phi) is 3.62. The molecule has 0 atom stereocenters. The van der Waals surface area contributed by atoms with E-state index in [0.29, 0.717) is 23.0 Å². The zero-order valence-corrected chi connectivity index (χ0v) is 12.5. The molecule has 0 radical (unpaired) electrons. The maximum Gasteiger partial charge on any atom is 0.272 e. The average molecular weight is 346 g/mol. The van der Waals surface area contributed by atoms with E-state index in [0.717, 1.165) is 10.0 Å². The summed E-state index contributed by atoms with van der Waals surface area (Å²) in [6, 6.07) is 13.0. The monoisotopic (exact) mass is 345 g/mol. The third-order valence-electron chi connectivity index (χ3n) is 3.25. The van der Waals surface area contributed by atoms with E-state index in [2.05, 4.69) is 31.4 Å². The van der Waals surface area contributed by atoms with Gasteiger partial charge in [0.25, 0.3) is 11.1 Å². The van der Waals surface area contributed by atoms with E-state index < -0.39 is 0 Å². The first-order valence-electron chi connectivity index (χ1n) is 6.38. The van der Waals surface area contributed by atoms with Crippen molar-refractivity contribution in [1.82, 2.24) is 10.2 Å². The molecule has 0 unspecified atom stereocenters. The Labute approximate surface area is 128 Å². The first-order valence-corrected chi connectivity index (χ1v) is 7.17. The van der Waals surface area contributed by atoms with Crippen LogP contribution in [0.15, 0.2) is 56.5 Å². The number of anilines is 1. The molecule has 1 aromatic heterocycles. The standard InChI is InChI=1S/C15H12BrN3O2/c16-11-6-2-1-4-9(11)8-17-12-7-3-5-10-13(12)15(21)19-18-14(10)20/h1-7,17H,8H2,(H,18,20)(H,19,21). The van der Waals surface area contributed by atoms with Crippen molar-refractivity contribution < 1.29 is 0 Å². The molecular formula is C15H12BrN3O2. The molecule has 0 aliphatic heterocycles. The number of hydrogen-bond acceptors (Lipinski definition) is 3. The summed E-state index contributed by atoms with van der Waals surface area (Å²) >= 11 is 3.48. The van der Waals surface area contributed by atoms with Crippen LogP contribution >= 0.6 is 15.9 Å². The minimum absolute atomic E-state index is 0.311. The van der Waals surface area contributed by atoms with E-state index in [1.807, 2.05) is 24.3 Å². The molecular weight excluding hydrogens is 334 g/mol. The molecule has 0 fully saturated rings. The molecule has 3 aromatic rings. The molecule has 106 valence electrons. The van der Waals surface area contributed by atoms with Gasteiger partial charge in [0.05, 0.1) is 10.8 Å². The fourth-order valence-electron chi connectivity index (χ4n) is 2.21. The van der Waals surface area contributed by atoms with Crippen LogP contribution in [0.2, 0.25) is 0 Å². The number of fused-ring (bicyclic) bond motifs is 1. The molecule has 0 spiro atoms. The average Bonchev–Trinajstić information content (AvgIpc) is 2.50. The molecule has 0 saturated carbocycles. The highest BCUT2D eigenvalue weighted by Gasteiger charge is 2.08. The maximum atomic E-state index is 12.0. The lowest BCUT2D eigenvalue weighted by Crippen LogP contribution is -2.20. The van der Waals surface area contributed by atoms with Crippen LogP contribution in [-0.4, -0.2) is 10.2 Å². The number of hydrogen-bond donors (Lipinski definition) is 3. The molecule has 3 rings (SSSR count). The lowest BCUT2D eigenvalue weighted by molar-refractivity contribution is 0.976. The number of aromatic amines is 2. The molecule has 3 N–H and O–H groups in total. The molecule has 1 heterocycles. The van der Waals surface area contributed by atoms with Gasteiger partial charge in [-0.05, 0) is 23.8 Å². The number of benzene rings is 2. The number of H-pyrrole nitrogens is 2. The summed E-state index contributed by atoms with van der Waals surface area (Å²) in [4.78, 5) is 23.7. The minimum Gasteiger partial charge on any atom is -0.380 e. The van der Waals surface area contributed by atoms with Crippen LogP contribution in [-0.2, 0) is 6.54 Å². The Morgan fingerprint density at radius 3 is 2.52 bits per heavy atom. The molecule has 0 aliphatic carbocycles. The van der Waals surface area contributed by atoms with Gasteiger partial charge in [-0.2, -0.15) is 0 Å². The zero-order chi connectivity index (χ0) is 14.8. The van der Waals surface area contributed by atoms with E-state index in [4.69, 9.17) is 0 Å². The summed E-state index contributed by atoms with van der Waals surface area (Å²) in [5.41, 5.74) is 1.07. The molecule has 0 amide bonds. The second-order valence-electron chi connectivity index (χ2n) is 4.58. The lowest BCUT2D eigenvalue weighted by atomic mass is 10.1. The van der Waals surface area contributed by atoms with Crippen molar-refractivity contribution in [2.45, 2.75) is 6.54 Å². The minimum atomic E-state index is -0.320. The quantitative estimate of drug-likeness (QED) is 0.682. The lowest BCUT2D eigenvalue weighted by Gasteiger charge is -2.10. The second kappa shape index (κ2) is 5.57. The van der Waals surface area contributed by atoms with Crippen LogP contribution in [0, 0.1) is 0 Å². The molecule has 0 saturated heterocycles. The second-order valence-corrected chi connectivity index (χ2v) is 5.44. The van der Waals surface area contributed by atoms with Gasteiger partial charge in [0.1, 0.15) is 0 Å². The summed E-state index contributed by atoms with van der Waals surface area (Å²) in [5, 5.41) is 8.62. The number of rotatable bonds is 3. The molecule has 21 heavy (non-hydrogen) atoms. The Balaban J connectivity index is 2.02. The van der Waals surface area contributed by atoms with Gasteiger partial charge in [0, 0.05) is 16.7 Å². The van der Waals surface area contributed by atoms with Gasteiger partial charge in [0.2, 0.25) is 0 Å². The van der Waals surface area contributed by atoms with E-state index >= 15 is 0 Å². The van der Waals surface area contributed by atoms with Crippen LogP contribution < -0.4 is 16.4 Å². The first-order chi connectivity index (χ1) is 10.2. The maximum absolute atomic E-state index is 12.0. The number of nitrogens with one attached hydrogen (secondary N) is 3. The smallest absolute Gasteiger partial charge is 0.272 e. The summed E-state index contributed by atoms with van der Waals surface area (Å²) in [6.45, 7) is 0.548. The zero-order valence-electron chi connectivity index (χ0n) is 10.9. The van der Waals surface area contributed by atoms with E-state index in [-0.39, 0.29) is 11.1 Å². The summed E-state index contributed by atoms with van der Waals surface area (Å²) in [5.74, 6) is 0. The van der Waals surface area contributed by atoms with E-state index in [9.17, 15) is 9.59 Å². The summed E-state index contributed by atoms with van der Waals surface area (Å²) in [6.07, 6.45) is 0. The van der Waals surface area contributed by atoms with Gasteiger partial charge in [-0.3, -0.25) is 19.8 Å². The fourth-order valence-corrected chi connectivity index (χ4v) is 2.63. The van der Waals surface area contributed by atoms with Crippen LogP contribution in [0.4, 0.5) is 5.69 Å².